The molecule has 1 rings (SSSR count). The average molecular weight is 583 g/mol. The van der Waals surface area contributed by atoms with Crippen LogP contribution in [0.5, 0.6) is 17.2 Å². The van der Waals surface area contributed by atoms with Crippen LogP contribution in [0.15, 0.2) is 55.2 Å². The van der Waals surface area contributed by atoms with Gasteiger partial charge in [0.1, 0.15) is 0 Å². The molecule has 0 radical (unpaired) electrons. The maximum absolute atomic E-state index is 6.11. The first-order valence-electron chi connectivity index (χ1n) is 17.9. The molecule has 3 heteroatoms. The molecule has 0 fully saturated rings. The SMILES string of the molecule is CCCCCCCCCC=COc1cccc(OC=CCCCCCCCCC)c1OC=CCCCCCCCCC. The molecule has 0 aliphatic carbocycles. The average Bonchev–Trinajstić information content (AvgIpc) is 3.00. The summed E-state index contributed by atoms with van der Waals surface area (Å²) in [5.41, 5.74) is 0. The second kappa shape index (κ2) is 30.3. The molecular formula is C39H66O3. The molecule has 0 heterocycles. The van der Waals surface area contributed by atoms with Crippen LogP contribution in [0.1, 0.15) is 175 Å². The number of unbranched alkanes of at least 4 members (excludes halogenated alkanes) is 21. The molecule has 0 bridgehead atoms. The van der Waals surface area contributed by atoms with Crippen molar-refractivity contribution in [2.45, 2.75) is 175 Å². The third-order valence-corrected chi connectivity index (χ3v) is 7.73. The zero-order valence-corrected chi connectivity index (χ0v) is 27.9. The third-order valence-electron chi connectivity index (χ3n) is 7.73. The Morgan fingerprint density at radius 2 is 0.714 bits per heavy atom. The summed E-state index contributed by atoms with van der Waals surface area (Å²) in [5, 5.41) is 0. The van der Waals surface area contributed by atoms with Gasteiger partial charge in [0.25, 0.3) is 0 Å². The molecule has 0 aliphatic rings. The number of ether oxygens (including phenoxy) is 3. The van der Waals surface area contributed by atoms with Gasteiger partial charge in [0, 0.05) is 0 Å². The zero-order chi connectivity index (χ0) is 30.2. The predicted molar refractivity (Wildman–Crippen MR) is 184 cm³/mol. The minimum absolute atomic E-state index is 0.634. The van der Waals surface area contributed by atoms with E-state index >= 15 is 0 Å². The van der Waals surface area contributed by atoms with Gasteiger partial charge in [-0.1, -0.05) is 142 Å². The van der Waals surface area contributed by atoms with Gasteiger partial charge in [-0.2, -0.15) is 0 Å². The normalized spacial score (nSPS) is 11.8. The van der Waals surface area contributed by atoms with Gasteiger partial charge in [-0.05, 0) is 68.9 Å². The van der Waals surface area contributed by atoms with Crippen LogP contribution < -0.4 is 14.2 Å². The summed E-state index contributed by atoms with van der Waals surface area (Å²) in [5.74, 6) is 2.00. The Hall–Kier alpha value is -2.16. The van der Waals surface area contributed by atoms with E-state index in [2.05, 4.69) is 39.0 Å². The van der Waals surface area contributed by atoms with Crippen molar-refractivity contribution in [3.8, 4) is 17.2 Å². The number of benzene rings is 1. The second-order valence-electron chi connectivity index (χ2n) is 11.8. The number of allylic oxidation sites excluding steroid dienone is 3. The first-order valence-corrected chi connectivity index (χ1v) is 17.9. The molecule has 1 aromatic rings. The summed E-state index contributed by atoms with van der Waals surface area (Å²) < 4.78 is 18.2. The van der Waals surface area contributed by atoms with Crippen molar-refractivity contribution in [3.63, 3.8) is 0 Å². The molecule has 0 saturated carbocycles. The molecule has 0 spiro atoms. The summed E-state index contributed by atoms with van der Waals surface area (Å²) in [6.45, 7) is 6.81. The lowest BCUT2D eigenvalue weighted by Gasteiger charge is -2.12. The molecule has 0 N–H and O–H groups in total. The molecule has 0 aliphatic heterocycles. The molecule has 1 aromatic carbocycles. The molecule has 42 heavy (non-hydrogen) atoms. The van der Waals surface area contributed by atoms with E-state index in [-0.39, 0.29) is 0 Å². The van der Waals surface area contributed by atoms with Crippen LogP contribution in [0.4, 0.5) is 0 Å². The monoisotopic (exact) mass is 583 g/mol. The first-order chi connectivity index (χ1) is 20.8. The minimum Gasteiger partial charge on any atom is -0.461 e. The number of rotatable bonds is 30. The van der Waals surface area contributed by atoms with Gasteiger partial charge in [0.05, 0.1) is 18.8 Å². The third kappa shape index (κ3) is 22.4. The predicted octanol–water partition coefficient (Wildman–Crippen LogP) is 13.8. The van der Waals surface area contributed by atoms with Crippen molar-refractivity contribution in [1.82, 2.24) is 0 Å². The summed E-state index contributed by atoms with van der Waals surface area (Å²) in [7, 11) is 0. The standard InChI is InChI=1S/C39H66O3/c1-4-7-10-13-16-19-22-25-28-34-40-37-32-31-33-38(41-35-29-26-23-20-17-14-11-8-5-2)39(37)42-36-30-27-24-21-18-15-12-9-6-3/h28-36H,4-27H2,1-3H3. The van der Waals surface area contributed by atoms with E-state index in [1.54, 1.807) is 6.26 Å². The molecule has 240 valence electrons. The van der Waals surface area contributed by atoms with E-state index in [0.29, 0.717) is 17.2 Å². The van der Waals surface area contributed by atoms with Gasteiger partial charge in [-0.25, -0.2) is 0 Å². The highest BCUT2D eigenvalue weighted by atomic mass is 16.5. The Kier molecular flexibility index (Phi) is 27.3. The fraction of sp³-hybridized carbons (Fsp3) is 0.692. The van der Waals surface area contributed by atoms with Gasteiger partial charge < -0.3 is 14.2 Å². The van der Waals surface area contributed by atoms with Gasteiger partial charge in [-0.3, -0.25) is 0 Å². The van der Waals surface area contributed by atoms with E-state index in [1.807, 2.05) is 30.7 Å². The number of para-hydroxylation sites is 1. The van der Waals surface area contributed by atoms with Crippen molar-refractivity contribution in [2.24, 2.45) is 0 Å². The zero-order valence-electron chi connectivity index (χ0n) is 27.9. The van der Waals surface area contributed by atoms with Crippen molar-refractivity contribution in [3.05, 3.63) is 55.2 Å². The van der Waals surface area contributed by atoms with Crippen LogP contribution in [-0.4, -0.2) is 0 Å². The second-order valence-corrected chi connectivity index (χ2v) is 11.8. The van der Waals surface area contributed by atoms with Crippen molar-refractivity contribution >= 4 is 0 Å². The van der Waals surface area contributed by atoms with Crippen LogP contribution in [0.25, 0.3) is 0 Å². The maximum atomic E-state index is 6.11. The van der Waals surface area contributed by atoms with Crippen molar-refractivity contribution in [2.75, 3.05) is 0 Å². The fourth-order valence-corrected chi connectivity index (χ4v) is 5.02. The highest BCUT2D eigenvalue weighted by molar-refractivity contribution is 5.52. The molecule has 3 nitrogen and oxygen atoms in total. The lowest BCUT2D eigenvalue weighted by atomic mass is 10.1. The minimum atomic E-state index is 0.634. The summed E-state index contributed by atoms with van der Waals surface area (Å²) >= 11 is 0. The molecular weight excluding hydrogens is 516 g/mol. The quantitative estimate of drug-likeness (QED) is 0.0667. The van der Waals surface area contributed by atoms with Crippen LogP contribution >= 0.6 is 0 Å². The van der Waals surface area contributed by atoms with Crippen LogP contribution in [0.3, 0.4) is 0 Å². The summed E-state index contributed by atoms with van der Waals surface area (Å²) in [6, 6.07) is 5.87. The van der Waals surface area contributed by atoms with Crippen molar-refractivity contribution in [1.29, 1.82) is 0 Å². The fourth-order valence-electron chi connectivity index (χ4n) is 5.02. The lowest BCUT2D eigenvalue weighted by molar-refractivity contribution is 0.382. The van der Waals surface area contributed by atoms with Gasteiger partial charge in [-0.15, -0.1) is 0 Å². The molecule has 0 unspecified atom stereocenters. The molecule has 0 aromatic heterocycles. The number of hydrogen-bond acceptors (Lipinski definition) is 3. The molecule has 0 amide bonds. The Labute approximate surface area is 261 Å². The smallest absolute Gasteiger partial charge is 0.211 e. The van der Waals surface area contributed by atoms with Gasteiger partial charge in [0.15, 0.2) is 11.5 Å². The Morgan fingerprint density at radius 3 is 1.07 bits per heavy atom. The maximum Gasteiger partial charge on any atom is 0.211 e. The van der Waals surface area contributed by atoms with E-state index < -0.39 is 0 Å². The van der Waals surface area contributed by atoms with Crippen LogP contribution in [0.2, 0.25) is 0 Å². The van der Waals surface area contributed by atoms with E-state index in [1.165, 1.54) is 135 Å². The highest BCUT2D eigenvalue weighted by Crippen LogP contribution is 2.38. The topological polar surface area (TPSA) is 27.7 Å². The summed E-state index contributed by atoms with van der Waals surface area (Å²) in [4.78, 5) is 0. The first kappa shape index (κ1) is 37.9. The van der Waals surface area contributed by atoms with E-state index in [0.717, 1.165) is 19.3 Å². The van der Waals surface area contributed by atoms with Crippen LogP contribution in [0, 0.1) is 0 Å². The van der Waals surface area contributed by atoms with E-state index in [9.17, 15) is 0 Å². The van der Waals surface area contributed by atoms with Gasteiger partial charge >= 0.3 is 0 Å². The Balaban J connectivity index is 2.56. The Morgan fingerprint density at radius 1 is 0.405 bits per heavy atom. The number of hydrogen-bond donors (Lipinski definition) is 0. The molecule has 0 atom stereocenters. The highest BCUT2D eigenvalue weighted by Gasteiger charge is 2.11. The molecule has 0 saturated heterocycles. The lowest BCUT2D eigenvalue weighted by Crippen LogP contribution is -1.93. The van der Waals surface area contributed by atoms with Crippen LogP contribution in [-0.2, 0) is 0 Å². The van der Waals surface area contributed by atoms with Crippen molar-refractivity contribution < 1.29 is 14.2 Å². The Bertz CT molecular complexity index is 747. The van der Waals surface area contributed by atoms with Gasteiger partial charge in [0.2, 0.25) is 5.75 Å². The van der Waals surface area contributed by atoms with E-state index in [4.69, 9.17) is 14.2 Å². The summed E-state index contributed by atoms with van der Waals surface area (Å²) in [6.07, 6.45) is 42.6. The largest absolute Gasteiger partial charge is 0.461 e.